The molecule has 0 radical (unpaired) electrons. The molecule has 0 saturated heterocycles. The van der Waals surface area contributed by atoms with Crippen molar-refractivity contribution in [1.29, 1.82) is 0 Å². The number of rotatable bonds is 11. The quantitative estimate of drug-likeness (QED) is 0.0783. The minimum atomic E-state index is -0.439. The average molecular weight is 561 g/mol. The third kappa shape index (κ3) is 6.10. The van der Waals surface area contributed by atoms with Gasteiger partial charge in [-0.1, -0.05) is 60.7 Å². The van der Waals surface area contributed by atoms with E-state index in [1.54, 1.807) is 48.7 Å². The van der Waals surface area contributed by atoms with E-state index in [9.17, 15) is 14.9 Å². The summed E-state index contributed by atoms with van der Waals surface area (Å²) in [6.45, 7) is 6.23. The predicted molar refractivity (Wildman–Crippen MR) is 163 cm³/mol. The second kappa shape index (κ2) is 12.7. The molecule has 0 fully saturated rings. The van der Waals surface area contributed by atoms with E-state index in [0.29, 0.717) is 52.4 Å². The SMILES string of the molecule is C=CCc1cc(C=Nn2c(-c3ccccc3)nc3ccccc3c2=O)cc(OCC)c1OCc1cccc([N+](=O)[O-])c1. The first kappa shape index (κ1) is 28.0. The fourth-order valence-corrected chi connectivity index (χ4v) is 4.54. The highest BCUT2D eigenvalue weighted by molar-refractivity contribution is 5.83. The molecule has 0 aliphatic rings. The highest BCUT2D eigenvalue weighted by atomic mass is 16.6. The van der Waals surface area contributed by atoms with Crippen molar-refractivity contribution in [3.05, 3.63) is 141 Å². The van der Waals surface area contributed by atoms with Crippen LogP contribution in [0.15, 0.2) is 114 Å². The third-order valence-corrected chi connectivity index (χ3v) is 6.43. The topological polar surface area (TPSA) is 109 Å². The number of nitrogens with zero attached hydrogens (tertiary/aromatic N) is 4. The molecule has 4 aromatic carbocycles. The minimum Gasteiger partial charge on any atom is -0.490 e. The fourth-order valence-electron chi connectivity index (χ4n) is 4.54. The standard InChI is InChI=1S/C33H28N4O5/c1-3-11-26-18-24(20-30(41-4-2)31(26)42-22-23-12-10-15-27(19-23)37(39)40)21-34-36-32(25-13-6-5-7-14-25)35-29-17-9-8-16-28(29)33(36)38/h3,5-10,12-21H,1,4,11,22H2,2H3. The highest BCUT2D eigenvalue weighted by Crippen LogP contribution is 2.34. The summed E-state index contributed by atoms with van der Waals surface area (Å²) < 4.78 is 13.4. The Hall–Kier alpha value is -5.57. The van der Waals surface area contributed by atoms with Gasteiger partial charge in [0.1, 0.15) is 6.61 Å². The lowest BCUT2D eigenvalue weighted by molar-refractivity contribution is -0.384. The van der Waals surface area contributed by atoms with Gasteiger partial charge in [-0.2, -0.15) is 9.78 Å². The van der Waals surface area contributed by atoms with Crippen LogP contribution >= 0.6 is 0 Å². The molecule has 9 nitrogen and oxygen atoms in total. The van der Waals surface area contributed by atoms with E-state index >= 15 is 0 Å². The molecule has 0 atom stereocenters. The van der Waals surface area contributed by atoms with Crippen LogP contribution in [0.25, 0.3) is 22.3 Å². The van der Waals surface area contributed by atoms with Crippen molar-refractivity contribution < 1.29 is 14.4 Å². The Labute approximate surface area is 242 Å². The van der Waals surface area contributed by atoms with Crippen LogP contribution in [0.2, 0.25) is 0 Å². The second-order valence-corrected chi connectivity index (χ2v) is 9.33. The van der Waals surface area contributed by atoms with Gasteiger partial charge in [-0.3, -0.25) is 14.9 Å². The molecule has 1 heterocycles. The van der Waals surface area contributed by atoms with Gasteiger partial charge in [0, 0.05) is 23.3 Å². The number of allylic oxidation sites excluding steroid dienone is 1. The molecule has 9 heteroatoms. The van der Waals surface area contributed by atoms with Crippen LogP contribution < -0.4 is 15.0 Å². The summed E-state index contributed by atoms with van der Waals surface area (Å²) in [4.78, 5) is 29.0. The zero-order valence-corrected chi connectivity index (χ0v) is 23.0. The number of para-hydroxylation sites is 1. The fraction of sp³-hybridized carbons (Fsp3) is 0.121. The molecular weight excluding hydrogens is 532 g/mol. The predicted octanol–water partition coefficient (Wildman–Crippen LogP) is 6.56. The largest absolute Gasteiger partial charge is 0.490 e. The van der Waals surface area contributed by atoms with Crippen LogP contribution in [-0.2, 0) is 13.0 Å². The van der Waals surface area contributed by atoms with Gasteiger partial charge < -0.3 is 9.47 Å². The Bertz CT molecular complexity index is 1850. The zero-order valence-electron chi connectivity index (χ0n) is 23.0. The average Bonchev–Trinajstić information content (AvgIpc) is 3.01. The van der Waals surface area contributed by atoms with Gasteiger partial charge in [-0.05, 0) is 48.7 Å². The van der Waals surface area contributed by atoms with Crippen molar-refractivity contribution in [3.8, 4) is 22.9 Å². The van der Waals surface area contributed by atoms with Crippen LogP contribution in [0.4, 0.5) is 5.69 Å². The number of ether oxygens (including phenoxy) is 2. The van der Waals surface area contributed by atoms with E-state index in [0.717, 1.165) is 11.1 Å². The van der Waals surface area contributed by atoms with Crippen LogP contribution in [0.3, 0.4) is 0 Å². The molecule has 0 aliphatic carbocycles. The Kier molecular flexibility index (Phi) is 8.48. The van der Waals surface area contributed by atoms with Crippen molar-refractivity contribution in [2.24, 2.45) is 5.10 Å². The number of benzene rings is 4. The molecule has 0 aliphatic heterocycles. The maximum Gasteiger partial charge on any atom is 0.282 e. The van der Waals surface area contributed by atoms with E-state index in [4.69, 9.17) is 14.5 Å². The van der Waals surface area contributed by atoms with Gasteiger partial charge in [0.25, 0.3) is 11.2 Å². The molecule has 0 bridgehead atoms. The Morgan fingerprint density at radius 2 is 1.79 bits per heavy atom. The van der Waals surface area contributed by atoms with Crippen molar-refractivity contribution >= 4 is 22.8 Å². The molecule has 0 saturated carbocycles. The number of nitro benzene ring substituents is 1. The summed E-state index contributed by atoms with van der Waals surface area (Å²) in [5.41, 5.74) is 3.16. The molecule has 1 aromatic heterocycles. The van der Waals surface area contributed by atoms with E-state index in [1.807, 2.05) is 49.4 Å². The first-order valence-corrected chi connectivity index (χ1v) is 13.4. The molecule has 0 spiro atoms. The number of nitro groups is 1. The van der Waals surface area contributed by atoms with E-state index in [2.05, 4.69) is 11.7 Å². The first-order valence-electron chi connectivity index (χ1n) is 13.4. The maximum absolute atomic E-state index is 13.5. The molecule has 0 amide bonds. The summed E-state index contributed by atoms with van der Waals surface area (Å²) in [7, 11) is 0. The van der Waals surface area contributed by atoms with Crippen molar-refractivity contribution in [2.45, 2.75) is 20.0 Å². The summed E-state index contributed by atoms with van der Waals surface area (Å²) >= 11 is 0. The van der Waals surface area contributed by atoms with Crippen LogP contribution in [-0.4, -0.2) is 27.4 Å². The van der Waals surface area contributed by atoms with Gasteiger partial charge in [-0.15, -0.1) is 6.58 Å². The van der Waals surface area contributed by atoms with Crippen molar-refractivity contribution in [2.75, 3.05) is 6.61 Å². The summed E-state index contributed by atoms with van der Waals surface area (Å²) in [6.07, 6.45) is 3.81. The summed E-state index contributed by atoms with van der Waals surface area (Å²) in [5, 5.41) is 16.2. The van der Waals surface area contributed by atoms with Crippen LogP contribution in [0.5, 0.6) is 11.5 Å². The van der Waals surface area contributed by atoms with Gasteiger partial charge in [0.05, 0.1) is 28.6 Å². The molecule has 5 rings (SSSR count). The van der Waals surface area contributed by atoms with E-state index in [1.165, 1.54) is 16.8 Å². The smallest absolute Gasteiger partial charge is 0.282 e. The molecular formula is C33H28N4O5. The maximum atomic E-state index is 13.5. The molecule has 42 heavy (non-hydrogen) atoms. The normalized spacial score (nSPS) is 11.1. The Balaban J connectivity index is 1.55. The number of aromatic nitrogens is 2. The summed E-state index contributed by atoms with van der Waals surface area (Å²) in [6, 6.07) is 26.6. The molecule has 5 aromatic rings. The van der Waals surface area contributed by atoms with Gasteiger partial charge in [0.2, 0.25) is 0 Å². The number of fused-ring (bicyclic) bond motifs is 1. The zero-order chi connectivity index (χ0) is 29.5. The lowest BCUT2D eigenvalue weighted by Crippen LogP contribution is -2.20. The Morgan fingerprint density at radius 1 is 1.00 bits per heavy atom. The Morgan fingerprint density at radius 3 is 2.55 bits per heavy atom. The van der Waals surface area contributed by atoms with Crippen LogP contribution in [0, 0.1) is 10.1 Å². The lowest BCUT2D eigenvalue weighted by Gasteiger charge is -2.17. The lowest BCUT2D eigenvalue weighted by atomic mass is 10.1. The van der Waals surface area contributed by atoms with Gasteiger partial charge in [-0.25, -0.2) is 4.98 Å². The third-order valence-electron chi connectivity index (χ3n) is 6.43. The first-order chi connectivity index (χ1) is 20.5. The number of non-ortho nitro benzene ring substituents is 1. The molecule has 0 unspecified atom stereocenters. The van der Waals surface area contributed by atoms with E-state index < -0.39 is 4.92 Å². The van der Waals surface area contributed by atoms with Crippen molar-refractivity contribution in [1.82, 2.24) is 9.66 Å². The molecule has 0 N–H and O–H groups in total. The molecule has 210 valence electrons. The number of hydrogen-bond donors (Lipinski definition) is 0. The summed E-state index contributed by atoms with van der Waals surface area (Å²) in [5.74, 6) is 1.41. The van der Waals surface area contributed by atoms with E-state index in [-0.39, 0.29) is 17.9 Å². The van der Waals surface area contributed by atoms with Gasteiger partial charge >= 0.3 is 0 Å². The number of hydrogen-bond acceptors (Lipinski definition) is 7. The van der Waals surface area contributed by atoms with Crippen molar-refractivity contribution in [3.63, 3.8) is 0 Å². The minimum absolute atomic E-state index is 0.00713. The second-order valence-electron chi connectivity index (χ2n) is 9.33. The van der Waals surface area contributed by atoms with Crippen LogP contribution in [0.1, 0.15) is 23.6 Å². The highest BCUT2D eigenvalue weighted by Gasteiger charge is 2.16. The van der Waals surface area contributed by atoms with Gasteiger partial charge in [0.15, 0.2) is 17.3 Å². The monoisotopic (exact) mass is 560 g/mol.